The Morgan fingerprint density at radius 2 is 1.50 bits per heavy atom. The maximum atomic E-state index is 10.7. The third kappa shape index (κ3) is 4.16. The summed E-state index contributed by atoms with van der Waals surface area (Å²) >= 11 is 0. The Bertz CT molecular complexity index is 846. The first-order valence-corrected chi connectivity index (χ1v) is 8.38. The molecule has 1 N–H and O–H groups in total. The Balaban J connectivity index is 1.76. The molecule has 4 heteroatoms. The van der Waals surface area contributed by atoms with Gasteiger partial charge < -0.3 is 19.3 Å². The minimum Gasteiger partial charge on any atom is -0.493 e. The quantitative estimate of drug-likeness (QED) is 0.688. The average molecular weight is 350 g/mol. The van der Waals surface area contributed by atoms with Crippen LogP contribution in [0.3, 0.4) is 0 Å². The molecule has 3 rings (SSSR count). The molecule has 0 bridgehead atoms. The smallest absolute Gasteiger partial charge is 0.161 e. The van der Waals surface area contributed by atoms with Gasteiger partial charge in [0.05, 0.1) is 14.2 Å². The fourth-order valence-electron chi connectivity index (χ4n) is 2.75. The number of hydrogen-bond donors (Lipinski definition) is 1. The molecular weight excluding hydrogens is 328 g/mol. The number of aliphatic hydroxyl groups is 1. The molecule has 26 heavy (non-hydrogen) atoms. The largest absolute Gasteiger partial charge is 0.493 e. The lowest BCUT2D eigenvalue weighted by Gasteiger charge is -2.15. The van der Waals surface area contributed by atoms with Crippen molar-refractivity contribution in [3.8, 4) is 17.2 Å². The molecule has 0 aromatic heterocycles. The number of rotatable bonds is 7. The first kappa shape index (κ1) is 17.8. The van der Waals surface area contributed by atoms with Gasteiger partial charge in [-0.25, -0.2) is 0 Å². The van der Waals surface area contributed by atoms with Crippen molar-refractivity contribution in [3.05, 3.63) is 89.5 Å². The summed E-state index contributed by atoms with van der Waals surface area (Å²) in [4.78, 5) is 0. The Morgan fingerprint density at radius 1 is 0.769 bits per heavy atom. The lowest BCUT2D eigenvalue weighted by atomic mass is 9.99. The molecule has 1 unspecified atom stereocenters. The summed E-state index contributed by atoms with van der Waals surface area (Å²) in [6, 6.07) is 22.8. The highest BCUT2D eigenvalue weighted by Crippen LogP contribution is 2.32. The molecule has 0 radical (unpaired) electrons. The lowest BCUT2D eigenvalue weighted by molar-refractivity contribution is 0.219. The van der Waals surface area contributed by atoms with Crippen molar-refractivity contribution in [2.45, 2.75) is 12.7 Å². The Morgan fingerprint density at radius 3 is 2.23 bits per heavy atom. The maximum Gasteiger partial charge on any atom is 0.161 e. The second-order valence-corrected chi connectivity index (χ2v) is 5.86. The zero-order chi connectivity index (χ0) is 18.4. The summed E-state index contributed by atoms with van der Waals surface area (Å²) in [6.45, 7) is 0.441. The number of benzene rings is 3. The van der Waals surface area contributed by atoms with E-state index in [1.54, 1.807) is 26.4 Å². The van der Waals surface area contributed by atoms with Crippen molar-refractivity contribution >= 4 is 0 Å². The van der Waals surface area contributed by atoms with Gasteiger partial charge in [0.2, 0.25) is 0 Å². The van der Waals surface area contributed by atoms with Gasteiger partial charge in [-0.1, -0.05) is 42.5 Å². The molecule has 0 saturated carbocycles. The van der Waals surface area contributed by atoms with E-state index in [0.717, 1.165) is 22.4 Å². The summed E-state index contributed by atoms with van der Waals surface area (Å²) in [5, 5.41) is 10.7. The number of hydrogen-bond acceptors (Lipinski definition) is 4. The lowest BCUT2D eigenvalue weighted by Crippen LogP contribution is -2.03. The molecule has 134 valence electrons. The van der Waals surface area contributed by atoms with Gasteiger partial charge in [-0.3, -0.25) is 0 Å². The molecule has 4 nitrogen and oxygen atoms in total. The van der Waals surface area contributed by atoms with Crippen molar-refractivity contribution in [1.82, 2.24) is 0 Å². The Hall–Kier alpha value is -2.98. The normalized spacial score (nSPS) is 11.7. The molecule has 3 aromatic rings. The van der Waals surface area contributed by atoms with Crippen molar-refractivity contribution < 1.29 is 19.3 Å². The van der Waals surface area contributed by atoms with E-state index >= 15 is 0 Å². The van der Waals surface area contributed by atoms with Gasteiger partial charge >= 0.3 is 0 Å². The second-order valence-electron chi connectivity index (χ2n) is 5.86. The first-order valence-electron chi connectivity index (χ1n) is 8.38. The zero-order valence-electron chi connectivity index (χ0n) is 14.9. The van der Waals surface area contributed by atoms with E-state index in [-0.39, 0.29) is 0 Å². The topological polar surface area (TPSA) is 47.9 Å². The molecule has 0 heterocycles. The van der Waals surface area contributed by atoms with Crippen LogP contribution in [0.4, 0.5) is 0 Å². The predicted octanol–water partition coefficient (Wildman–Crippen LogP) is 4.36. The monoisotopic (exact) mass is 350 g/mol. The molecule has 3 aromatic carbocycles. The Labute approximate surface area is 153 Å². The van der Waals surface area contributed by atoms with Crippen LogP contribution < -0.4 is 14.2 Å². The van der Waals surface area contributed by atoms with Crippen molar-refractivity contribution in [2.75, 3.05) is 14.2 Å². The highest BCUT2D eigenvalue weighted by Gasteiger charge is 2.14. The van der Waals surface area contributed by atoms with Crippen molar-refractivity contribution in [1.29, 1.82) is 0 Å². The molecule has 0 aliphatic carbocycles. The van der Waals surface area contributed by atoms with Gasteiger partial charge in [0.25, 0.3) is 0 Å². The van der Waals surface area contributed by atoms with Crippen LogP contribution in [0.15, 0.2) is 72.8 Å². The van der Waals surface area contributed by atoms with Gasteiger partial charge in [0.15, 0.2) is 11.5 Å². The highest BCUT2D eigenvalue weighted by atomic mass is 16.5. The van der Waals surface area contributed by atoms with E-state index in [0.29, 0.717) is 18.1 Å². The van der Waals surface area contributed by atoms with Crippen molar-refractivity contribution in [2.24, 2.45) is 0 Å². The van der Waals surface area contributed by atoms with Crippen LogP contribution in [0, 0.1) is 0 Å². The fraction of sp³-hybridized carbons (Fsp3) is 0.182. The molecule has 0 saturated heterocycles. The molecule has 0 fully saturated rings. The van der Waals surface area contributed by atoms with Crippen LogP contribution in [0.25, 0.3) is 0 Å². The van der Waals surface area contributed by atoms with Gasteiger partial charge in [0.1, 0.15) is 18.5 Å². The van der Waals surface area contributed by atoms with E-state index in [2.05, 4.69) is 0 Å². The number of aliphatic hydroxyl groups excluding tert-OH is 1. The van der Waals surface area contributed by atoms with E-state index in [1.165, 1.54) is 0 Å². The van der Waals surface area contributed by atoms with Crippen LogP contribution in [-0.2, 0) is 6.61 Å². The van der Waals surface area contributed by atoms with Crippen LogP contribution in [0.2, 0.25) is 0 Å². The summed E-state index contributed by atoms with van der Waals surface area (Å²) < 4.78 is 16.3. The third-order valence-corrected chi connectivity index (χ3v) is 4.14. The molecular formula is C22H22O4. The third-order valence-electron chi connectivity index (χ3n) is 4.14. The van der Waals surface area contributed by atoms with Crippen LogP contribution in [0.1, 0.15) is 22.8 Å². The fourth-order valence-corrected chi connectivity index (χ4v) is 2.75. The summed E-state index contributed by atoms with van der Waals surface area (Å²) in [5.74, 6) is 2.04. The van der Waals surface area contributed by atoms with Crippen molar-refractivity contribution in [3.63, 3.8) is 0 Å². The van der Waals surface area contributed by atoms with Gasteiger partial charge in [-0.15, -0.1) is 0 Å². The highest BCUT2D eigenvalue weighted by molar-refractivity contribution is 5.45. The average Bonchev–Trinajstić information content (AvgIpc) is 2.72. The van der Waals surface area contributed by atoms with E-state index < -0.39 is 6.10 Å². The standard InChI is InChI=1S/C22H22O4/c1-24-20-12-11-18(14-21(20)25-2)22(23)17-8-6-7-16(13-17)15-26-19-9-4-3-5-10-19/h3-14,22-23H,15H2,1-2H3. The predicted molar refractivity (Wildman–Crippen MR) is 101 cm³/mol. The van der Waals surface area contributed by atoms with Crippen LogP contribution in [-0.4, -0.2) is 19.3 Å². The number of para-hydroxylation sites is 1. The second kappa shape index (κ2) is 8.41. The van der Waals surface area contributed by atoms with E-state index in [9.17, 15) is 5.11 Å². The number of methoxy groups -OCH3 is 2. The van der Waals surface area contributed by atoms with Gasteiger partial charge in [-0.2, -0.15) is 0 Å². The minimum atomic E-state index is -0.758. The molecule has 1 atom stereocenters. The summed E-state index contributed by atoms with van der Waals surface area (Å²) in [7, 11) is 3.17. The SMILES string of the molecule is COc1ccc(C(O)c2cccc(COc3ccccc3)c2)cc1OC. The summed E-state index contributed by atoms with van der Waals surface area (Å²) in [5.41, 5.74) is 2.53. The van der Waals surface area contributed by atoms with E-state index in [4.69, 9.17) is 14.2 Å². The molecule has 0 spiro atoms. The molecule has 0 amide bonds. The Kier molecular flexibility index (Phi) is 5.77. The zero-order valence-corrected chi connectivity index (χ0v) is 14.9. The minimum absolute atomic E-state index is 0.441. The van der Waals surface area contributed by atoms with Crippen LogP contribution >= 0.6 is 0 Å². The van der Waals surface area contributed by atoms with Crippen LogP contribution in [0.5, 0.6) is 17.2 Å². The molecule has 0 aliphatic heterocycles. The maximum absolute atomic E-state index is 10.7. The molecule has 0 aliphatic rings. The first-order chi connectivity index (χ1) is 12.7. The van der Waals surface area contributed by atoms with Gasteiger partial charge in [0, 0.05) is 0 Å². The van der Waals surface area contributed by atoms with E-state index in [1.807, 2.05) is 60.7 Å². The van der Waals surface area contributed by atoms with Gasteiger partial charge in [-0.05, 0) is 47.0 Å². The summed E-state index contributed by atoms with van der Waals surface area (Å²) in [6.07, 6.45) is -0.758. The number of ether oxygens (including phenoxy) is 3.